The number of amides is 1. The molecule has 100 valence electrons. The number of hydrogen-bond donors (Lipinski definition) is 1. The first-order chi connectivity index (χ1) is 8.56. The zero-order valence-corrected chi connectivity index (χ0v) is 12.9. The van der Waals surface area contributed by atoms with Crippen molar-refractivity contribution >= 4 is 33.6 Å². The largest absolute Gasteiger partial charge is 0.349 e. The number of hydrogen-bond acceptors (Lipinski definition) is 2. The zero-order chi connectivity index (χ0) is 13.5. The second-order valence-electron chi connectivity index (χ2n) is 3.96. The van der Waals surface area contributed by atoms with Crippen LogP contribution in [-0.4, -0.2) is 23.5 Å². The number of benzene rings is 1. The number of carbonyl (C=O) groups is 1. The van der Waals surface area contributed by atoms with Gasteiger partial charge in [-0.15, -0.1) is 0 Å². The van der Waals surface area contributed by atoms with Gasteiger partial charge in [0.2, 0.25) is 0 Å². The molecule has 0 saturated carbocycles. The van der Waals surface area contributed by atoms with Crippen LogP contribution in [0.2, 0.25) is 0 Å². The van der Waals surface area contributed by atoms with E-state index < -0.39 is 5.82 Å². The third-order valence-corrected chi connectivity index (χ3v) is 4.06. The van der Waals surface area contributed by atoms with Crippen molar-refractivity contribution in [3.8, 4) is 0 Å². The summed E-state index contributed by atoms with van der Waals surface area (Å²) in [5, 5.41) is 2.81. The average molecular weight is 334 g/mol. The highest BCUT2D eigenvalue weighted by Gasteiger charge is 2.16. The number of halogens is 2. The van der Waals surface area contributed by atoms with E-state index in [9.17, 15) is 9.18 Å². The highest BCUT2D eigenvalue weighted by Crippen LogP contribution is 2.19. The van der Waals surface area contributed by atoms with Crippen LogP contribution < -0.4 is 5.32 Å². The van der Waals surface area contributed by atoms with E-state index in [0.29, 0.717) is 4.47 Å². The molecule has 0 radical (unpaired) electrons. The maximum Gasteiger partial charge on any atom is 0.255 e. The average Bonchev–Trinajstić information content (AvgIpc) is 2.29. The summed E-state index contributed by atoms with van der Waals surface area (Å²) in [5.74, 6) is 1.20. The van der Waals surface area contributed by atoms with Crippen LogP contribution in [0.1, 0.15) is 30.6 Å². The molecular weight excluding hydrogens is 317 g/mol. The summed E-state index contributed by atoms with van der Waals surface area (Å²) in [6.07, 6.45) is 0.885. The molecule has 1 aromatic rings. The lowest BCUT2D eigenvalue weighted by Crippen LogP contribution is -2.33. The highest BCUT2D eigenvalue weighted by atomic mass is 79.9. The van der Waals surface area contributed by atoms with E-state index in [1.54, 1.807) is 12.1 Å². The lowest BCUT2D eigenvalue weighted by molar-refractivity contribution is 0.0934. The quantitative estimate of drug-likeness (QED) is 0.801. The van der Waals surface area contributed by atoms with Crippen LogP contribution in [0.4, 0.5) is 4.39 Å². The van der Waals surface area contributed by atoms with Crippen LogP contribution in [0.15, 0.2) is 22.7 Å². The van der Waals surface area contributed by atoms with Crippen LogP contribution in [0.25, 0.3) is 0 Å². The number of rotatable bonds is 6. The number of carbonyl (C=O) groups excluding carboxylic acids is 1. The number of nitrogens with one attached hydrogen (secondary N) is 1. The number of thioether (sulfide) groups is 1. The third-order valence-electron chi connectivity index (χ3n) is 2.47. The molecule has 0 heterocycles. The predicted octanol–water partition coefficient (Wildman–Crippen LogP) is 3.85. The van der Waals surface area contributed by atoms with Crippen molar-refractivity contribution in [2.45, 2.75) is 26.3 Å². The second-order valence-corrected chi connectivity index (χ2v) is 6.20. The first kappa shape index (κ1) is 15.5. The first-order valence-corrected chi connectivity index (χ1v) is 7.83. The predicted molar refractivity (Wildman–Crippen MR) is 78.6 cm³/mol. The molecule has 0 aliphatic rings. The maximum absolute atomic E-state index is 13.6. The Morgan fingerprint density at radius 3 is 2.89 bits per heavy atom. The molecule has 1 amide bonds. The normalized spacial score (nSPS) is 12.2. The van der Waals surface area contributed by atoms with Crippen LogP contribution in [-0.2, 0) is 0 Å². The SMILES string of the molecule is CCSCCC(C)NC(=O)c1c(F)cccc1Br. The van der Waals surface area contributed by atoms with Gasteiger partial charge in [0, 0.05) is 10.5 Å². The molecule has 0 aliphatic heterocycles. The smallest absolute Gasteiger partial charge is 0.255 e. The van der Waals surface area contributed by atoms with Gasteiger partial charge in [0.05, 0.1) is 5.56 Å². The molecule has 5 heteroatoms. The van der Waals surface area contributed by atoms with Crippen LogP contribution in [0.3, 0.4) is 0 Å². The second kappa shape index (κ2) is 7.79. The van der Waals surface area contributed by atoms with Gasteiger partial charge in [-0.3, -0.25) is 4.79 Å². The van der Waals surface area contributed by atoms with E-state index in [2.05, 4.69) is 28.2 Å². The van der Waals surface area contributed by atoms with E-state index >= 15 is 0 Å². The minimum Gasteiger partial charge on any atom is -0.349 e. The molecule has 1 atom stereocenters. The van der Waals surface area contributed by atoms with Crippen molar-refractivity contribution in [3.63, 3.8) is 0 Å². The molecule has 1 unspecified atom stereocenters. The van der Waals surface area contributed by atoms with E-state index in [4.69, 9.17) is 0 Å². The van der Waals surface area contributed by atoms with Gasteiger partial charge in [0.1, 0.15) is 5.82 Å². The van der Waals surface area contributed by atoms with Gasteiger partial charge in [-0.1, -0.05) is 13.0 Å². The molecular formula is C13H17BrFNOS. The van der Waals surface area contributed by atoms with Gasteiger partial charge >= 0.3 is 0 Å². The molecule has 0 spiro atoms. The molecule has 18 heavy (non-hydrogen) atoms. The lowest BCUT2D eigenvalue weighted by Gasteiger charge is -2.14. The third kappa shape index (κ3) is 4.61. The van der Waals surface area contributed by atoms with Crippen molar-refractivity contribution < 1.29 is 9.18 Å². The Morgan fingerprint density at radius 2 is 2.28 bits per heavy atom. The topological polar surface area (TPSA) is 29.1 Å². The summed E-state index contributed by atoms with van der Waals surface area (Å²) in [6, 6.07) is 4.56. The molecule has 1 rings (SSSR count). The Bertz CT molecular complexity index is 394. The van der Waals surface area contributed by atoms with Gasteiger partial charge in [-0.25, -0.2) is 4.39 Å². The van der Waals surface area contributed by atoms with Crippen LogP contribution in [0, 0.1) is 5.82 Å². The van der Waals surface area contributed by atoms with Gasteiger partial charge in [0.15, 0.2) is 0 Å². The van der Waals surface area contributed by atoms with Crippen molar-refractivity contribution in [3.05, 3.63) is 34.1 Å². The van der Waals surface area contributed by atoms with Crippen LogP contribution >= 0.6 is 27.7 Å². The van der Waals surface area contributed by atoms with Crippen molar-refractivity contribution in [1.29, 1.82) is 0 Å². The summed E-state index contributed by atoms with van der Waals surface area (Å²) in [6.45, 7) is 4.03. The van der Waals surface area contributed by atoms with E-state index in [1.807, 2.05) is 18.7 Å². The fourth-order valence-corrected chi connectivity index (χ4v) is 2.82. The summed E-state index contributed by atoms with van der Waals surface area (Å²) < 4.78 is 14.0. The van der Waals surface area contributed by atoms with Gasteiger partial charge in [-0.2, -0.15) is 11.8 Å². The Balaban J connectivity index is 2.60. The summed E-state index contributed by atoms with van der Waals surface area (Å²) in [7, 11) is 0. The van der Waals surface area contributed by atoms with E-state index in [-0.39, 0.29) is 17.5 Å². The van der Waals surface area contributed by atoms with E-state index in [1.165, 1.54) is 6.07 Å². The monoisotopic (exact) mass is 333 g/mol. The Labute approximate surface area is 120 Å². The summed E-state index contributed by atoms with van der Waals surface area (Å²) in [4.78, 5) is 11.9. The summed E-state index contributed by atoms with van der Waals surface area (Å²) in [5.41, 5.74) is 0.0764. The Morgan fingerprint density at radius 1 is 1.56 bits per heavy atom. The van der Waals surface area contributed by atoms with E-state index in [0.717, 1.165) is 17.9 Å². The van der Waals surface area contributed by atoms with Crippen molar-refractivity contribution in [1.82, 2.24) is 5.32 Å². The Hall–Kier alpha value is -0.550. The van der Waals surface area contributed by atoms with Gasteiger partial charge < -0.3 is 5.32 Å². The molecule has 1 aromatic carbocycles. The molecule has 0 bridgehead atoms. The zero-order valence-electron chi connectivity index (χ0n) is 10.5. The fraction of sp³-hybridized carbons (Fsp3) is 0.462. The standard InChI is InChI=1S/C13H17BrFNOS/c1-3-18-8-7-9(2)16-13(17)12-10(14)5-4-6-11(12)15/h4-6,9H,3,7-8H2,1-2H3,(H,16,17). The molecule has 0 aromatic heterocycles. The molecule has 0 saturated heterocycles. The summed E-state index contributed by atoms with van der Waals surface area (Å²) >= 11 is 5.03. The van der Waals surface area contributed by atoms with Crippen molar-refractivity contribution in [2.24, 2.45) is 0 Å². The fourth-order valence-electron chi connectivity index (χ4n) is 1.49. The van der Waals surface area contributed by atoms with Gasteiger partial charge in [-0.05, 0) is 52.9 Å². The van der Waals surface area contributed by atoms with Crippen LogP contribution in [0.5, 0.6) is 0 Å². The first-order valence-electron chi connectivity index (χ1n) is 5.88. The Kier molecular flexibility index (Phi) is 6.71. The minimum atomic E-state index is -0.503. The van der Waals surface area contributed by atoms with Crippen molar-refractivity contribution in [2.75, 3.05) is 11.5 Å². The molecule has 2 nitrogen and oxygen atoms in total. The highest BCUT2D eigenvalue weighted by molar-refractivity contribution is 9.10. The minimum absolute atomic E-state index is 0.0445. The lowest BCUT2D eigenvalue weighted by atomic mass is 10.1. The molecule has 0 aliphatic carbocycles. The maximum atomic E-state index is 13.6. The van der Waals surface area contributed by atoms with Gasteiger partial charge in [0.25, 0.3) is 5.91 Å². The molecule has 0 fully saturated rings. The molecule has 1 N–H and O–H groups in total.